The highest BCUT2D eigenvalue weighted by molar-refractivity contribution is 8.00. The first-order valence-electron chi connectivity index (χ1n) is 6.30. The van der Waals surface area contributed by atoms with Crippen LogP contribution in [0.1, 0.15) is 18.1 Å². The molecule has 6 nitrogen and oxygen atoms in total. The number of aryl methyl sites for hydroxylation is 1. The van der Waals surface area contributed by atoms with E-state index in [-0.39, 0.29) is 11.4 Å². The van der Waals surface area contributed by atoms with Crippen LogP contribution in [0.3, 0.4) is 0 Å². The zero-order valence-corrected chi connectivity index (χ0v) is 12.2. The molecule has 0 radical (unpaired) electrons. The molecular weight excluding hydrogens is 278 g/mol. The van der Waals surface area contributed by atoms with Gasteiger partial charge >= 0.3 is 12.0 Å². The number of hydrogen-bond acceptors (Lipinski definition) is 4. The second-order valence-corrected chi connectivity index (χ2v) is 6.00. The van der Waals surface area contributed by atoms with Gasteiger partial charge < -0.3 is 10.4 Å². The van der Waals surface area contributed by atoms with Crippen LogP contribution in [-0.4, -0.2) is 44.2 Å². The summed E-state index contributed by atoms with van der Waals surface area (Å²) in [5.74, 6) is -0.537. The third-order valence-corrected chi connectivity index (χ3v) is 4.54. The van der Waals surface area contributed by atoms with Crippen LogP contribution in [0.2, 0.25) is 0 Å². The van der Waals surface area contributed by atoms with Gasteiger partial charge in [-0.3, -0.25) is 9.88 Å². The van der Waals surface area contributed by atoms with E-state index >= 15 is 0 Å². The standard InChI is InChI=1S/C13H17N3O3S/c1-8-3-4-14-5-10(8)6-15-13(19)16-9(2)20-7-11(16)12(17)18/h3-5,9,11H,6-7H2,1-2H3,(H,15,19)(H,17,18). The molecule has 1 aromatic rings. The monoisotopic (exact) mass is 295 g/mol. The number of amides is 2. The molecule has 2 rings (SSSR count). The Bertz CT molecular complexity index is 523. The van der Waals surface area contributed by atoms with Gasteiger partial charge in [0.15, 0.2) is 0 Å². The highest BCUT2D eigenvalue weighted by Gasteiger charge is 2.39. The summed E-state index contributed by atoms with van der Waals surface area (Å²) >= 11 is 1.47. The van der Waals surface area contributed by atoms with E-state index in [4.69, 9.17) is 5.11 Å². The molecule has 2 unspecified atom stereocenters. The lowest BCUT2D eigenvalue weighted by Gasteiger charge is -2.25. The summed E-state index contributed by atoms with van der Waals surface area (Å²) in [5, 5.41) is 11.8. The smallest absolute Gasteiger partial charge is 0.327 e. The topological polar surface area (TPSA) is 82.5 Å². The van der Waals surface area contributed by atoms with Crippen molar-refractivity contribution in [1.29, 1.82) is 0 Å². The van der Waals surface area contributed by atoms with E-state index in [0.29, 0.717) is 12.3 Å². The quantitative estimate of drug-likeness (QED) is 0.882. The fourth-order valence-electron chi connectivity index (χ4n) is 2.09. The second kappa shape index (κ2) is 6.13. The summed E-state index contributed by atoms with van der Waals surface area (Å²) in [6, 6.07) is 0.763. The predicted octanol–water partition coefficient (Wildman–Crippen LogP) is 1.45. The van der Waals surface area contributed by atoms with Gasteiger partial charge in [0.25, 0.3) is 0 Å². The molecule has 0 spiro atoms. The molecule has 0 bridgehead atoms. The molecule has 2 heterocycles. The van der Waals surface area contributed by atoms with Crippen molar-refractivity contribution in [2.75, 3.05) is 5.75 Å². The number of carboxylic acid groups (broad SMARTS) is 1. The van der Waals surface area contributed by atoms with Crippen molar-refractivity contribution in [2.24, 2.45) is 0 Å². The summed E-state index contributed by atoms with van der Waals surface area (Å²) in [6.07, 6.45) is 3.40. The number of aromatic nitrogens is 1. The number of nitrogens with one attached hydrogen (secondary N) is 1. The normalized spacial score (nSPS) is 21.8. The maximum atomic E-state index is 12.2. The molecule has 1 aromatic heterocycles. The molecule has 2 atom stereocenters. The lowest BCUT2D eigenvalue weighted by atomic mass is 10.1. The van der Waals surface area contributed by atoms with E-state index in [2.05, 4.69) is 10.3 Å². The van der Waals surface area contributed by atoms with Crippen molar-refractivity contribution in [2.45, 2.75) is 31.8 Å². The third kappa shape index (κ3) is 3.04. The zero-order valence-electron chi connectivity index (χ0n) is 11.4. The Balaban J connectivity index is 2.01. The van der Waals surface area contributed by atoms with Crippen LogP contribution in [0.15, 0.2) is 18.5 Å². The van der Waals surface area contributed by atoms with E-state index in [1.54, 1.807) is 12.4 Å². The van der Waals surface area contributed by atoms with Crippen molar-refractivity contribution in [3.63, 3.8) is 0 Å². The minimum Gasteiger partial charge on any atom is -0.480 e. The van der Waals surface area contributed by atoms with Crippen LogP contribution in [-0.2, 0) is 11.3 Å². The van der Waals surface area contributed by atoms with Crippen molar-refractivity contribution in [3.05, 3.63) is 29.6 Å². The molecular formula is C13H17N3O3S. The molecule has 0 aromatic carbocycles. The van der Waals surface area contributed by atoms with Gasteiger partial charge in [-0.15, -0.1) is 11.8 Å². The number of hydrogen-bond donors (Lipinski definition) is 2. The Kier molecular flexibility index (Phi) is 4.49. The number of carbonyl (C=O) groups excluding carboxylic acids is 1. The molecule has 0 aliphatic carbocycles. The van der Waals surface area contributed by atoms with Gasteiger partial charge in [0, 0.05) is 24.7 Å². The Morgan fingerprint density at radius 3 is 3.00 bits per heavy atom. The van der Waals surface area contributed by atoms with Gasteiger partial charge in [0.1, 0.15) is 6.04 Å². The fraction of sp³-hybridized carbons (Fsp3) is 0.462. The van der Waals surface area contributed by atoms with Crippen molar-refractivity contribution in [1.82, 2.24) is 15.2 Å². The van der Waals surface area contributed by atoms with Gasteiger partial charge in [-0.2, -0.15) is 0 Å². The van der Waals surface area contributed by atoms with Crippen molar-refractivity contribution >= 4 is 23.8 Å². The summed E-state index contributed by atoms with van der Waals surface area (Å²) in [5.41, 5.74) is 1.96. The van der Waals surface area contributed by atoms with E-state index in [1.807, 2.05) is 19.9 Å². The van der Waals surface area contributed by atoms with Crippen LogP contribution >= 0.6 is 11.8 Å². The van der Waals surface area contributed by atoms with Crippen LogP contribution in [0.4, 0.5) is 4.79 Å². The second-order valence-electron chi connectivity index (χ2n) is 4.65. The third-order valence-electron chi connectivity index (χ3n) is 3.32. The van der Waals surface area contributed by atoms with Crippen molar-refractivity contribution < 1.29 is 14.7 Å². The number of nitrogens with zero attached hydrogens (tertiary/aromatic N) is 2. The number of aliphatic carboxylic acids is 1. The molecule has 7 heteroatoms. The van der Waals surface area contributed by atoms with Crippen LogP contribution in [0, 0.1) is 6.92 Å². The summed E-state index contributed by atoms with van der Waals surface area (Å²) in [7, 11) is 0. The molecule has 0 saturated carbocycles. The van der Waals surface area contributed by atoms with Crippen LogP contribution in [0.5, 0.6) is 0 Å². The maximum absolute atomic E-state index is 12.2. The Morgan fingerprint density at radius 2 is 2.35 bits per heavy atom. The number of rotatable bonds is 3. The number of thioether (sulfide) groups is 1. The SMILES string of the molecule is Cc1ccncc1CNC(=O)N1C(C)SCC1C(=O)O. The molecule has 1 saturated heterocycles. The van der Waals surface area contributed by atoms with Crippen molar-refractivity contribution in [3.8, 4) is 0 Å². The van der Waals surface area contributed by atoms with Crippen LogP contribution < -0.4 is 5.32 Å². The first-order chi connectivity index (χ1) is 9.50. The Labute approximate surface area is 121 Å². The number of pyridine rings is 1. The van der Waals surface area contributed by atoms with E-state index < -0.39 is 12.0 Å². The van der Waals surface area contributed by atoms with Crippen LogP contribution in [0.25, 0.3) is 0 Å². The summed E-state index contributed by atoms with van der Waals surface area (Å²) in [6.45, 7) is 4.12. The van der Waals surface area contributed by atoms with Gasteiger partial charge in [-0.1, -0.05) is 0 Å². The van der Waals surface area contributed by atoms with Gasteiger partial charge in [-0.05, 0) is 31.0 Å². The highest BCUT2D eigenvalue weighted by atomic mass is 32.2. The first kappa shape index (κ1) is 14.6. The minimum atomic E-state index is -0.963. The fourth-order valence-corrected chi connectivity index (χ4v) is 3.25. The van der Waals surface area contributed by atoms with E-state index in [9.17, 15) is 9.59 Å². The average molecular weight is 295 g/mol. The summed E-state index contributed by atoms with van der Waals surface area (Å²) < 4.78 is 0. The maximum Gasteiger partial charge on any atom is 0.327 e. The summed E-state index contributed by atoms with van der Waals surface area (Å²) in [4.78, 5) is 28.7. The molecule has 2 amide bonds. The minimum absolute atomic E-state index is 0.133. The first-order valence-corrected chi connectivity index (χ1v) is 7.35. The molecule has 20 heavy (non-hydrogen) atoms. The molecule has 2 N–H and O–H groups in total. The van der Waals surface area contributed by atoms with E-state index in [1.165, 1.54) is 16.7 Å². The molecule has 108 valence electrons. The number of carbonyl (C=O) groups is 2. The predicted molar refractivity (Wildman–Crippen MR) is 76.4 cm³/mol. The van der Waals surface area contributed by atoms with E-state index in [0.717, 1.165) is 11.1 Å². The zero-order chi connectivity index (χ0) is 14.7. The Hall–Kier alpha value is -1.76. The largest absolute Gasteiger partial charge is 0.480 e. The Morgan fingerprint density at radius 1 is 1.60 bits per heavy atom. The molecule has 1 aliphatic rings. The lowest BCUT2D eigenvalue weighted by molar-refractivity contribution is -0.141. The van der Waals surface area contributed by atoms with Gasteiger partial charge in [0.2, 0.25) is 0 Å². The van der Waals surface area contributed by atoms with Gasteiger partial charge in [-0.25, -0.2) is 9.59 Å². The molecule has 1 aliphatic heterocycles. The lowest BCUT2D eigenvalue weighted by Crippen LogP contribution is -2.49. The number of urea groups is 1. The molecule has 1 fully saturated rings. The average Bonchev–Trinajstić information content (AvgIpc) is 2.79. The number of carboxylic acids is 1. The van der Waals surface area contributed by atoms with Gasteiger partial charge in [0.05, 0.1) is 5.37 Å². The highest BCUT2D eigenvalue weighted by Crippen LogP contribution is 2.28.